The van der Waals surface area contributed by atoms with E-state index in [1.165, 1.54) is 19.1 Å². The highest BCUT2D eigenvalue weighted by Gasteiger charge is 2.11. The maximum Gasteiger partial charge on any atom is 0.219 e. The molecule has 0 aliphatic carbocycles. The van der Waals surface area contributed by atoms with E-state index in [1.807, 2.05) is 24.3 Å². The van der Waals surface area contributed by atoms with Gasteiger partial charge in [0.1, 0.15) is 5.82 Å². The van der Waals surface area contributed by atoms with Crippen LogP contribution < -0.4 is 0 Å². The van der Waals surface area contributed by atoms with Crippen LogP contribution in [0.25, 0.3) is 21.7 Å². The molecule has 0 bridgehead atoms. The molecule has 1 amide bonds. The molecule has 4 heteroatoms. The largest absolute Gasteiger partial charge is 0.340 e. The molecule has 0 saturated carbocycles. The molecular formula is C17H15FN2O. The highest BCUT2D eigenvalue weighted by Crippen LogP contribution is 2.27. The molecule has 0 atom stereocenters. The molecule has 0 fully saturated rings. The Hall–Kier alpha value is -2.49. The van der Waals surface area contributed by atoms with Gasteiger partial charge in [0.2, 0.25) is 5.91 Å². The molecule has 0 saturated heterocycles. The Labute approximate surface area is 122 Å². The minimum Gasteiger partial charge on any atom is -0.340 e. The van der Waals surface area contributed by atoms with Crippen LogP contribution in [-0.2, 0) is 11.3 Å². The second-order valence-corrected chi connectivity index (χ2v) is 5.14. The third-order valence-corrected chi connectivity index (χ3v) is 3.67. The van der Waals surface area contributed by atoms with Crippen LogP contribution in [0.1, 0.15) is 12.6 Å². The molecule has 2 aromatic carbocycles. The Kier molecular flexibility index (Phi) is 3.29. The number of benzene rings is 2. The van der Waals surface area contributed by atoms with E-state index in [9.17, 15) is 9.18 Å². The second-order valence-electron chi connectivity index (χ2n) is 5.14. The molecule has 1 aromatic heterocycles. The average Bonchev–Trinajstić information content (AvgIpc) is 2.48. The van der Waals surface area contributed by atoms with E-state index in [2.05, 4.69) is 4.98 Å². The van der Waals surface area contributed by atoms with Gasteiger partial charge in [-0.3, -0.25) is 9.78 Å². The smallest absolute Gasteiger partial charge is 0.219 e. The summed E-state index contributed by atoms with van der Waals surface area (Å²) in [4.78, 5) is 17.7. The number of hydrogen-bond donors (Lipinski definition) is 0. The zero-order chi connectivity index (χ0) is 15.0. The first kappa shape index (κ1) is 13.5. The van der Waals surface area contributed by atoms with Gasteiger partial charge in [0, 0.05) is 24.7 Å². The number of hydrogen-bond acceptors (Lipinski definition) is 2. The van der Waals surface area contributed by atoms with Gasteiger partial charge < -0.3 is 4.90 Å². The molecule has 0 N–H and O–H groups in total. The number of aromatic nitrogens is 1. The lowest BCUT2D eigenvalue weighted by atomic mass is 10.0. The van der Waals surface area contributed by atoms with Gasteiger partial charge in [-0.2, -0.15) is 0 Å². The van der Waals surface area contributed by atoms with Crippen molar-refractivity contribution in [2.24, 2.45) is 0 Å². The minimum atomic E-state index is -0.275. The van der Waals surface area contributed by atoms with Crippen molar-refractivity contribution in [1.82, 2.24) is 9.88 Å². The first-order valence-corrected chi connectivity index (χ1v) is 6.75. The zero-order valence-corrected chi connectivity index (χ0v) is 11.9. The normalized spacial score (nSPS) is 11.0. The maximum absolute atomic E-state index is 13.5. The highest BCUT2D eigenvalue weighted by molar-refractivity contribution is 6.06. The summed E-state index contributed by atoms with van der Waals surface area (Å²) < 4.78 is 13.5. The predicted molar refractivity (Wildman–Crippen MR) is 81.4 cm³/mol. The quantitative estimate of drug-likeness (QED) is 0.674. The standard InChI is InChI=1S/C17H15FN2O/c1-11(21)20(2)10-17-14-6-4-3-5-13(14)15-9-12(18)7-8-16(15)19-17/h3-9H,10H2,1-2H3. The van der Waals surface area contributed by atoms with Gasteiger partial charge in [0.05, 0.1) is 17.8 Å². The van der Waals surface area contributed by atoms with Crippen LogP contribution in [-0.4, -0.2) is 22.8 Å². The SMILES string of the molecule is CC(=O)N(C)Cc1nc2ccc(F)cc2c2ccccc12. The van der Waals surface area contributed by atoms with Crippen LogP contribution in [0.2, 0.25) is 0 Å². The molecule has 0 radical (unpaired) electrons. The summed E-state index contributed by atoms with van der Waals surface area (Å²) in [5, 5.41) is 2.69. The average molecular weight is 282 g/mol. The third kappa shape index (κ3) is 2.44. The third-order valence-electron chi connectivity index (χ3n) is 3.67. The number of amides is 1. The number of nitrogens with zero attached hydrogens (tertiary/aromatic N) is 2. The number of carbonyl (C=O) groups excluding carboxylic acids is 1. The Morgan fingerprint density at radius 3 is 2.57 bits per heavy atom. The molecule has 0 spiro atoms. The van der Waals surface area contributed by atoms with Gasteiger partial charge >= 0.3 is 0 Å². The van der Waals surface area contributed by atoms with E-state index in [1.54, 1.807) is 18.0 Å². The van der Waals surface area contributed by atoms with E-state index in [-0.39, 0.29) is 11.7 Å². The fourth-order valence-corrected chi connectivity index (χ4v) is 2.45. The number of halogens is 1. The van der Waals surface area contributed by atoms with Crippen molar-refractivity contribution in [3.05, 3.63) is 54.0 Å². The summed E-state index contributed by atoms with van der Waals surface area (Å²) in [6, 6.07) is 12.3. The van der Waals surface area contributed by atoms with Crippen LogP contribution in [0.3, 0.4) is 0 Å². The summed E-state index contributed by atoms with van der Waals surface area (Å²) in [5.74, 6) is -0.289. The van der Waals surface area contributed by atoms with Crippen molar-refractivity contribution in [3.63, 3.8) is 0 Å². The van der Waals surface area contributed by atoms with Crippen molar-refractivity contribution >= 4 is 27.6 Å². The Balaban J connectivity index is 2.28. The van der Waals surface area contributed by atoms with Crippen LogP contribution >= 0.6 is 0 Å². The van der Waals surface area contributed by atoms with Crippen LogP contribution in [0, 0.1) is 5.82 Å². The lowest BCUT2D eigenvalue weighted by Gasteiger charge is -2.16. The minimum absolute atomic E-state index is 0.0138. The Bertz CT molecular complexity index is 845. The predicted octanol–water partition coefficient (Wildman–Crippen LogP) is 3.51. The summed E-state index contributed by atoms with van der Waals surface area (Å²) in [6.07, 6.45) is 0. The Morgan fingerprint density at radius 1 is 1.14 bits per heavy atom. The molecular weight excluding hydrogens is 267 g/mol. The fraction of sp³-hybridized carbons (Fsp3) is 0.176. The Morgan fingerprint density at radius 2 is 1.86 bits per heavy atom. The van der Waals surface area contributed by atoms with Crippen LogP contribution in [0.5, 0.6) is 0 Å². The fourth-order valence-electron chi connectivity index (χ4n) is 2.45. The lowest BCUT2D eigenvalue weighted by molar-refractivity contribution is -0.128. The van der Waals surface area contributed by atoms with Crippen molar-refractivity contribution in [1.29, 1.82) is 0 Å². The van der Waals surface area contributed by atoms with E-state index >= 15 is 0 Å². The van der Waals surface area contributed by atoms with Gasteiger partial charge in [-0.05, 0) is 23.6 Å². The van der Waals surface area contributed by atoms with E-state index in [0.29, 0.717) is 6.54 Å². The van der Waals surface area contributed by atoms with Gasteiger partial charge in [0.15, 0.2) is 0 Å². The van der Waals surface area contributed by atoms with Crippen molar-refractivity contribution < 1.29 is 9.18 Å². The van der Waals surface area contributed by atoms with Gasteiger partial charge in [-0.25, -0.2) is 4.39 Å². The van der Waals surface area contributed by atoms with Gasteiger partial charge in [-0.1, -0.05) is 24.3 Å². The van der Waals surface area contributed by atoms with Crippen LogP contribution in [0.15, 0.2) is 42.5 Å². The zero-order valence-electron chi connectivity index (χ0n) is 11.9. The molecule has 0 unspecified atom stereocenters. The van der Waals surface area contributed by atoms with Gasteiger partial charge in [-0.15, -0.1) is 0 Å². The molecule has 0 aliphatic rings. The topological polar surface area (TPSA) is 33.2 Å². The second kappa shape index (κ2) is 5.13. The molecule has 1 heterocycles. The first-order valence-electron chi connectivity index (χ1n) is 6.75. The summed E-state index contributed by atoms with van der Waals surface area (Å²) in [6.45, 7) is 1.96. The van der Waals surface area contributed by atoms with Gasteiger partial charge in [0.25, 0.3) is 0 Å². The number of carbonyl (C=O) groups is 1. The summed E-state index contributed by atoms with van der Waals surface area (Å²) in [5.41, 5.74) is 1.56. The monoisotopic (exact) mass is 282 g/mol. The van der Waals surface area contributed by atoms with E-state index < -0.39 is 0 Å². The molecule has 3 rings (SSSR count). The lowest BCUT2D eigenvalue weighted by Crippen LogP contribution is -2.23. The molecule has 106 valence electrons. The van der Waals surface area contributed by atoms with Crippen molar-refractivity contribution in [3.8, 4) is 0 Å². The van der Waals surface area contributed by atoms with Crippen molar-refractivity contribution in [2.75, 3.05) is 7.05 Å². The summed E-state index contributed by atoms with van der Waals surface area (Å²) in [7, 11) is 1.74. The first-order chi connectivity index (χ1) is 10.1. The van der Waals surface area contributed by atoms with E-state index in [0.717, 1.165) is 27.4 Å². The highest BCUT2D eigenvalue weighted by atomic mass is 19.1. The summed E-state index contributed by atoms with van der Waals surface area (Å²) >= 11 is 0. The number of fused-ring (bicyclic) bond motifs is 3. The van der Waals surface area contributed by atoms with Crippen molar-refractivity contribution in [2.45, 2.75) is 13.5 Å². The number of pyridine rings is 1. The van der Waals surface area contributed by atoms with E-state index in [4.69, 9.17) is 0 Å². The molecule has 21 heavy (non-hydrogen) atoms. The van der Waals surface area contributed by atoms with Crippen LogP contribution in [0.4, 0.5) is 4.39 Å². The molecule has 3 aromatic rings. The maximum atomic E-state index is 13.5. The number of rotatable bonds is 2. The molecule has 3 nitrogen and oxygen atoms in total. The molecule has 0 aliphatic heterocycles.